The number of unbranched alkanes of at least 4 members (excludes halogenated alkanes) is 4. The van der Waals surface area contributed by atoms with Crippen LogP contribution in [0, 0.1) is 10.8 Å². The summed E-state index contributed by atoms with van der Waals surface area (Å²) in [5.41, 5.74) is -2.17. The van der Waals surface area contributed by atoms with Crippen molar-refractivity contribution in [2.24, 2.45) is 10.8 Å². The van der Waals surface area contributed by atoms with Crippen LogP contribution in [0.3, 0.4) is 0 Å². The van der Waals surface area contributed by atoms with Gasteiger partial charge in [-0.2, -0.15) is 0 Å². The van der Waals surface area contributed by atoms with Gasteiger partial charge in [-0.1, -0.05) is 67.2 Å². The zero-order valence-corrected chi connectivity index (χ0v) is 15.9. The van der Waals surface area contributed by atoms with Crippen molar-refractivity contribution in [1.29, 1.82) is 0 Å². The topological polar surface area (TPSA) is 63.6 Å². The second-order valence-corrected chi connectivity index (χ2v) is 7.45. The summed E-state index contributed by atoms with van der Waals surface area (Å²) in [5, 5.41) is 9.69. The summed E-state index contributed by atoms with van der Waals surface area (Å²) in [6.45, 7) is 11.3. The summed E-state index contributed by atoms with van der Waals surface area (Å²) in [4.78, 5) is 24.5. The van der Waals surface area contributed by atoms with E-state index in [1.165, 1.54) is 19.3 Å². The highest BCUT2D eigenvalue weighted by Crippen LogP contribution is 2.43. The van der Waals surface area contributed by atoms with Crippen molar-refractivity contribution >= 4 is 11.9 Å². The fourth-order valence-corrected chi connectivity index (χ4v) is 3.11. The van der Waals surface area contributed by atoms with Crippen LogP contribution in [0.15, 0.2) is 0 Å². The minimum atomic E-state index is -1.48. The molecule has 0 saturated heterocycles. The Morgan fingerprint density at radius 1 is 1.00 bits per heavy atom. The molecular formula is C19H36O4. The van der Waals surface area contributed by atoms with Crippen molar-refractivity contribution < 1.29 is 19.4 Å². The highest BCUT2D eigenvalue weighted by molar-refractivity contribution is 6.00. The first-order chi connectivity index (χ1) is 10.7. The molecule has 0 fully saturated rings. The van der Waals surface area contributed by atoms with Crippen molar-refractivity contribution in [3.63, 3.8) is 0 Å². The number of aliphatic carboxylic acids is 1. The second-order valence-electron chi connectivity index (χ2n) is 7.45. The molecule has 0 radical (unpaired) electrons. The first-order valence-corrected chi connectivity index (χ1v) is 9.11. The van der Waals surface area contributed by atoms with E-state index in [0.717, 1.165) is 25.7 Å². The second kappa shape index (κ2) is 9.94. The molecule has 4 heteroatoms. The molecule has 0 aromatic carbocycles. The molecule has 0 saturated carbocycles. The van der Waals surface area contributed by atoms with Gasteiger partial charge in [-0.15, -0.1) is 0 Å². The fourth-order valence-electron chi connectivity index (χ4n) is 3.11. The Morgan fingerprint density at radius 3 is 1.96 bits per heavy atom. The van der Waals surface area contributed by atoms with Gasteiger partial charge < -0.3 is 9.84 Å². The van der Waals surface area contributed by atoms with Gasteiger partial charge in [0.25, 0.3) is 0 Å². The summed E-state index contributed by atoms with van der Waals surface area (Å²) in [6.07, 6.45) is 7.39. The lowest BCUT2D eigenvalue weighted by Gasteiger charge is -2.38. The van der Waals surface area contributed by atoms with E-state index in [2.05, 4.69) is 6.92 Å². The van der Waals surface area contributed by atoms with Crippen LogP contribution in [0.4, 0.5) is 0 Å². The van der Waals surface area contributed by atoms with Crippen LogP contribution in [0.1, 0.15) is 92.9 Å². The van der Waals surface area contributed by atoms with Crippen LogP contribution in [0.5, 0.6) is 0 Å². The average molecular weight is 328 g/mol. The minimum Gasteiger partial charge on any atom is -0.480 e. The molecular weight excluding hydrogens is 292 g/mol. The molecule has 2 atom stereocenters. The van der Waals surface area contributed by atoms with E-state index in [1.807, 2.05) is 6.92 Å². The molecule has 0 aliphatic heterocycles. The SMILES string of the molecule is CCCCCCCC(CC)OC(=O)C(CC)(C(=O)O)C(C)(C)C. The van der Waals surface area contributed by atoms with E-state index >= 15 is 0 Å². The summed E-state index contributed by atoms with van der Waals surface area (Å²) in [6, 6.07) is 0. The van der Waals surface area contributed by atoms with Crippen LogP contribution in [-0.4, -0.2) is 23.1 Å². The van der Waals surface area contributed by atoms with Crippen LogP contribution >= 0.6 is 0 Å². The molecule has 0 aromatic heterocycles. The van der Waals surface area contributed by atoms with E-state index in [1.54, 1.807) is 27.7 Å². The average Bonchev–Trinajstić information content (AvgIpc) is 2.45. The van der Waals surface area contributed by atoms with Crippen LogP contribution < -0.4 is 0 Å². The maximum atomic E-state index is 12.7. The molecule has 1 N–H and O–H groups in total. The summed E-state index contributed by atoms with van der Waals surface area (Å²) in [7, 11) is 0. The Bertz CT molecular complexity index is 370. The van der Waals surface area contributed by atoms with Crippen LogP contribution in [0.25, 0.3) is 0 Å². The van der Waals surface area contributed by atoms with Crippen molar-refractivity contribution in [2.75, 3.05) is 0 Å². The zero-order valence-electron chi connectivity index (χ0n) is 15.9. The highest BCUT2D eigenvalue weighted by atomic mass is 16.5. The highest BCUT2D eigenvalue weighted by Gasteiger charge is 2.55. The van der Waals surface area contributed by atoms with Crippen molar-refractivity contribution in [2.45, 2.75) is 99.0 Å². The Hall–Kier alpha value is -1.06. The number of ether oxygens (including phenoxy) is 1. The van der Waals surface area contributed by atoms with Crippen molar-refractivity contribution in [3.05, 3.63) is 0 Å². The maximum Gasteiger partial charge on any atom is 0.324 e. The molecule has 0 aromatic rings. The number of esters is 1. The van der Waals surface area contributed by atoms with Gasteiger partial charge in [-0.3, -0.25) is 9.59 Å². The molecule has 136 valence electrons. The first kappa shape index (κ1) is 21.9. The number of carbonyl (C=O) groups excluding carboxylic acids is 1. The van der Waals surface area contributed by atoms with E-state index < -0.39 is 22.8 Å². The molecule has 0 aliphatic carbocycles. The van der Waals surface area contributed by atoms with E-state index in [0.29, 0.717) is 0 Å². The van der Waals surface area contributed by atoms with Gasteiger partial charge in [0.1, 0.15) is 6.10 Å². The molecule has 0 spiro atoms. The van der Waals surface area contributed by atoms with E-state index in [9.17, 15) is 14.7 Å². The predicted molar refractivity (Wildman–Crippen MR) is 93.4 cm³/mol. The zero-order chi connectivity index (χ0) is 18.1. The van der Waals surface area contributed by atoms with Gasteiger partial charge in [-0.05, 0) is 31.1 Å². The first-order valence-electron chi connectivity index (χ1n) is 9.11. The lowest BCUT2D eigenvalue weighted by atomic mass is 9.65. The van der Waals surface area contributed by atoms with Gasteiger partial charge in [0, 0.05) is 0 Å². The summed E-state index contributed by atoms with van der Waals surface area (Å²) >= 11 is 0. The van der Waals surface area contributed by atoms with Crippen LogP contribution in [-0.2, 0) is 14.3 Å². The molecule has 4 nitrogen and oxygen atoms in total. The third-order valence-electron chi connectivity index (χ3n) is 4.88. The number of hydrogen-bond acceptors (Lipinski definition) is 3. The summed E-state index contributed by atoms with van der Waals surface area (Å²) in [5.74, 6) is -1.67. The lowest BCUT2D eigenvalue weighted by molar-refractivity contribution is -0.182. The van der Waals surface area contributed by atoms with E-state index in [-0.39, 0.29) is 12.5 Å². The smallest absolute Gasteiger partial charge is 0.324 e. The molecule has 2 unspecified atom stereocenters. The third-order valence-corrected chi connectivity index (χ3v) is 4.88. The Labute approximate surface area is 142 Å². The van der Waals surface area contributed by atoms with Gasteiger partial charge in [0.15, 0.2) is 5.41 Å². The number of carboxylic acid groups (broad SMARTS) is 1. The molecule has 0 heterocycles. The largest absolute Gasteiger partial charge is 0.480 e. The molecule has 0 rings (SSSR count). The maximum absolute atomic E-state index is 12.7. The van der Waals surface area contributed by atoms with E-state index in [4.69, 9.17) is 4.74 Å². The van der Waals surface area contributed by atoms with Crippen molar-refractivity contribution in [1.82, 2.24) is 0 Å². The van der Waals surface area contributed by atoms with Gasteiger partial charge in [0.05, 0.1) is 0 Å². The van der Waals surface area contributed by atoms with Gasteiger partial charge >= 0.3 is 11.9 Å². The Morgan fingerprint density at radius 2 is 1.57 bits per heavy atom. The standard InChI is InChI=1S/C19H36O4/c1-7-10-11-12-13-14-15(8-2)23-17(22)19(9-3,16(20)21)18(4,5)6/h15H,7-14H2,1-6H3,(H,20,21). The fraction of sp³-hybridized carbons (Fsp3) is 0.895. The normalized spacial score (nSPS) is 15.7. The van der Waals surface area contributed by atoms with Crippen molar-refractivity contribution in [3.8, 4) is 0 Å². The number of carboxylic acids is 1. The number of rotatable bonds is 11. The Balaban J connectivity index is 4.86. The van der Waals surface area contributed by atoms with Crippen LogP contribution in [0.2, 0.25) is 0 Å². The minimum absolute atomic E-state index is 0.184. The predicted octanol–water partition coefficient (Wildman–Crippen LogP) is 5.20. The molecule has 23 heavy (non-hydrogen) atoms. The number of carbonyl (C=O) groups is 2. The van der Waals surface area contributed by atoms with Gasteiger partial charge in [-0.25, -0.2) is 0 Å². The third kappa shape index (κ3) is 5.82. The molecule has 0 aliphatic rings. The molecule has 0 amide bonds. The quantitative estimate of drug-likeness (QED) is 0.322. The lowest BCUT2D eigenvalue weighted by Crippen LogP contribution is -2.50. The summed E-state index contributed by atoms with van der Waals surface area (Å²) < 4.78 is 5.63. The number of hydrogen-bond donors (Lipinski definition) is 1. The van der Waals surface area contributed by atoms with Gasteiger partial charge in [0.2, 0.25) is 0 Å². The monoisotopic (exact) mass is 328 g/mol. The Kier molecular flexibility index (Phi) is 9.48. The molecule has 0 bridgehead atoms.